The van der Waals surface area contributed by atoms with Crippen molar-refractivity contribution >= 4 is 27.3 Å². The Bertz CT molecular complexity index is 1080. The van der Waals surface area contributed by atoms with Gasteiger partial charge in [0.1, 0.15) is 24.0 Å². The summed E-state index contributed by atoms with van der Waals surface area (Å²) in [6.07, 6.45) is 0.792. The molecule has 0 aromatic heterocycles. The number of carbonyl (C=O) groups excluding carboxylic acids is 1. The Labute approximate surface area is 181 Å². The van der Waals surface area contributed by atoms with E-state index in [0.717, 1.165) is 18.6 Å². The van der Waals surface area contributed by atoms with Gasteiger partial charge in [0.15, 0.2) is 0 Å². The molecule has 0 saturated carbocycles. The maximum Gasteiger partial charge on any atom is 0.262 e. The molecule has 0 spiro atoms. The average molecular weight is 453 g/mol. The van der Waals surface area contributed by atoms with Crippen molar-refractivity contribution in [2.24, 2.45) is 11.3 Å². The molecule has 0 bridgehead atoms. The van der Waals surface area contributed by atoms with Crippen LogP contribution in [0.2, 0.25) is 0 Å². The van der Waals surface area contributed by atoms with Crippen LogP contribution in [0.4, 0.5) is 20.2 Å². The van der Waals surface area contributed by atoms with Crippen LogP contribution in [0.5, 0.6) is 5.75 Å². The van der Waals surface area contributed by atoms with Gasteiger partial charge in [-0.1, -0.05) is 13.8 Å². The molecule has 0 unspecified atom stereocenters. The van der Waals surface area contributed by atoms with E-state index in [1.807, 2.05) is 0 Å². The summed E-state index contributed by atoms with van der Waals surface area (Å²) >= 11 is 0. The van der Waals surface area contributed by atoms with Gasteiger partial charge in [-0.3, -0.25) is 9.52 Å². The zero-order valence-corrected chi connectivity index (χ0v) is 18.7. The monoisotopic (exact) mass is 452 g/mol. The Morgan fingerprint density at radius 3 is 2.39 bits per heavy atom. The van der Waals surface area contributed by atoms with Gasteiger partial charge in [-0.2, -0.15) is 0 Å². The number of benzene rings is 2. The van der Waals surface area contributed by atoms with Crippen LogP contribution >= 0.6 is 0 Å². The second-order valence-corrected chi connectivity index (χ2v) is 10.4. The van der Waals surface area contributed by atoms with Crippen molar-refractivity contribution in [3.63, 3.8) is 0 Å². The van der Waals surface area contributed by atoms with Gasteiger partial charge in [-0.05, 0) is 50.5 Å². The first-order chi connectivity index (χ1) is 14.4. The number of nitrogens with one attached hydrogen (secondary N) is 1. The van der Waals surface area contributed by atoms with Crippen LogP contribution in [0.25, 0.3) is 0 Å². The normalized spacial score (nSPS) is 16.0. The van der Waals surface area contributed by atoms with Crippen molar-refractivity contribution in [2.45, 2.75) is 39.0 Å². The molecule has 0 aliphatic carbocycles. The largest absolute Gasteiger partial charge is 0.490 e. The number of rotatable bonds is 6. The predicted molar refractivity (Wildman–Crippen MR) is 115 cm³/mol. The molecule has 0 atom stereocenters. The highest BCUT2D eigenvalue weighted by atomic mass is 32.2. The van der Waals surface area contributed by atoms with Crippen molar-refractivity contribution in [3.8, 4) is 5.75 Å². The Kier molecular flexibility index (Phi) is 6.27. The molecule has 0 saturated heterocycles. The summed E-state index contributed by atoms with van der Waals surface area (Å²) < 4.78 is 60.3. The molecule has 6 nitrogen and oxygen atoms in total. The van der Waals surface area contributed by atoms with Crippen molar-refractivity contribution in [1.29, 1.82) is 0 Å². The van der Waals surface area contributed by atoms with E-state index in [1.54, 1.807) is 24.8 Å². The fourth-order valence-electron chi connectivity index (χ4n) is 3.22. The van der Waals surface area contributed by atoms with Crippen LogP contribution < -0.4 is 14.4 Å². The standard InChI is InChI=1S/C22H26F2N2O4S/c1-14(2)7-8-26-19-6-5-17(12-20(19)30-13-22(3,4)21(26)27)25-31(28,29)18-10-15(23)9-16(24)11-18/h5-6,9-12,14,25H,7-8,13H2,1-4H3. The van der Waals surface area contributed by atoms with E-state index in [4.69, 9.17) is 4.74 Å². The number of hydrogen-bond acceptors (Lipinski definition) is 4. The quantitative estimate of drug-likeness (QED) is 0.697. The van der Waals surface area contributed by atoms with Crippen LogP contribution in [-0.2, 0) is 14.8 Å². The van der Waals surface area contributed by atoms with Crippen LogP contribution in [0.15, 0.2) is 41.3 Å². The summed E-state index contributed by atoms with van der Waals surface area (Å²) in [5, 5.41) is 0. The van der Waals surface area contributed by atoms with Crippen LogP contribution in [0.3, 0.4) is 0 Å². The number of hydrogen-bond donors (Lipinski definition) is 1. The molecule has 1 aliphatic rings. The third kappa shape index (κ3) is 5.15. The van der Waals surface area contributed by atoms with Gasteiger partial charge < -0.3 is 9.64 Å². The lowest BCUT2D eigenvalue weighted by atomic mass is 9.92. The first-order valence-corrected chi connectivity index (χ1v) is 11.4. The maximum atomic E-state index is 13.5. The van der Waals surface area contributed by atoms with Crippen molar-refractivity contribution < 1.29 is 26.7 Å². The van der Waals surface area contributed by atoms with Crippen LogP contribution in [0, 0.1) is 23.0 Å². The number of anilines is 2. The van der Waals surface area contributed by atoms with Gasteiger partial charge in [0.05, 0.1) is 21.7 Å². The first-order valence-electron chi connectivity index (χ1n) is 9.97. The molecular weight excluding hydrogens is 426 g/mol. The van der Waals surface area contributed by atoms with Gasteiger partial charge in [-0.15, -0.1) is 0 Å². The zero-order chi connectivity index (χ0) is 23.0. The highest BCUT2D eigenvalue weighted by Gasteiger charge is 2.37. The van der Waals surface area contributed by atoms with E-state index in [-0.39, 0.29) is 18.2 Å². The lowest BCUT2D eigenvalue weighted by Gasteiger charge is -2.28. The second-order valence-electron chi connectivity index (χ2n) is 8.71. The zero-order valence-electron chi connectivity index (χ0n) is 17.9. The molecule has 2 aromatic carbocycles. The molecule has 1 amide bonds. The van der Waals surface area contributed by atoms with E-state index < -0.39 is 32.0 Å². The Hall–Kier alpha value is -2.68. The van der Waals surface area contributed by atoms with Crippen molar-refractivity contribution in [3.05, 3.63) is 48.0 Å². The smallest absolute Gasteiger partial charge is 0.262 e. The molecule has 0 fully saturated rings. The Morgan fingerprint density at radius 1 is 1.13 bits per heavy atom. The van der Waals surface area contributed by atoms with Gasteiger partial charge in [0.2, 0.25) is 5.91 Å². The maximum absolute atomic E-state index is 13.5. The number of fused-ring (bicyclic) bond motifs is 1. The number of ether oxygens (including phenoxy) is 1. The van der Waals surface area contributed by atoms with Gasteiger partial charge in [-0.25, -0.2) is 17.2 Å². The summed E-state index contributed by atoms with van der Waals surface area (Å²) in [4.78, 5) is 14.2. The number of carbonyl (C=O) groups is 1. The van der Waals surface area contributed by atoms with Crippen LogP contribution in [0.1, 0.15) is 34.1 Å². The molecule has 1 N–H and O–H groups in total. The molecular formula is C22H26F2N2O4S. The molecule has 31 heavy (non-hydrogen) atoms. The molecule has 3 rings (SSSR count). The highest BCUT2D eigenvalue weighted by Crippen LogP contribution is 2.39. The number of sulfonamides is 1. The topological polar surface area (TPSA) is 75.7 Å². The second kappa shape index (κ2) is 8.45. The Morgan fingerprint density at radius 2 is 1.77 bits per heavy atom. The SMILES string of the molecule is CC(C)CCN1C(=O)C(C)(C)COc2cc(NS(=O)(=O)c3cc(F)cc(F)c3)ccc21. The van der Waals surface area contributed by atoms with Gasteiger partial charge in [0.25, 0.3) is 10.0 Å². The van der Waals surface area contributed by atoms with E-state index in [1.165, 1.54) is 12.1 Å². The highest BCUT2D eigenvalue weighted by molar-refractivity contribution is 7.92. The van der Waals surface area contributed by atoms with Gasteiger partial charge >= 0.3 is 0 Å². The molecule has 168 valence electrons. The molecule has 2 aromatic rings. The summed E-state index contributed by atoms with van der Waals surface area (Å²) in [7, 11) is -4.23. The third-order valence-corrected chi connectivity index (χ3v) is 6.35. The molecule has 1 aliphatic heterocycles. The van der Waals surface area contributed by atoms with E-state index in [0.29, 0.717) is 30.0 Å². The Balaban J connectivity index is 1.95. The first kappa shape index (κ1) is 23.0. The van der Waals surface area contributed by atoms with E-state index in [9.17, 15) is 22.0 Å². The summed E-state index contributed by atoms with van der Waals surface area (Å²) in [6.45, 7) is 8.36. The predicted octanol–water partition coefficient (Wildman–Crippen LogP) is 4.56. The third-order valence-electron chi connectivity index (χ3n) is 4.99. The van der Waals surface area contributed by atoms with E-state index in [2.05, 4.69) is 18.6 Å². The fourth-order valence-corrected chi connectivity index (χ4v) is 4.31. The van der Waals surface area contributed by atoms with Crippen molar-refractivity contribution in [1.82, 2.24) is 0 Å². The average Bonchev–Trinajstić information content (AvgIpc) is 2.74. The van der Waals surface area contributed by atoms with Crippen molar-refractivity contribution in [2.75, 3.05) is 22.8 Å². The summed E-state index contributed by atoms with van der Waals surface area (Å²) in [6, 6.07) is 6.64. The summed E-state index contributed by atoms with van der Waals surface area (Å²) in [5.41, 5.74) is -0.0512. The number of halogens is 2. The summed E-state index contributed by atoms with van der Waals surface area (Å²) in [5.74, 6) is -1.32. The molecule has 1 heterocycles. The van der Waals surface area contributed by atoms with E-state index >= 15 is 0 Å². The minimum absolute atomic E-state index is 0.0736. The molecule has 9 heteroatoms. The molecule has 0 radical (unpaired) electrons. The minimum Gasteiger partial charge on any atom is -0.490 e. The van der Waals surface area contributed by atoms with Gasteiger partial charge in [0, 0.05) is 18.7 Å². The minimum atomic E-state index is -4.23. The lowest BCUT2D eigenvalue weighted by Crippen LogP contribution is -2.42. The number of amides is 1. The lowest BCUT2D eigenvalue weighted by molar-refractivity contribution is -0.127. The number of nitrogens with zero attached hydrogens (tertiary/aromatic N) is 1. The fraction of sp³-hybridized carbons (Fsp3) is 0.409. The van der Waals surface area contributed by atoms with Crippen LogP contribution in [-0.4, -0.2) is 27.5 Å².